The van der Waals surface area contributed by atoms with E-state index in [9.17, 15) is 0 Å². The fourth-order valence-electron chi connectivity index (χ4n) is 2.21. The highest BCUT2D eigenvalue weighted by atomic mass is 35.5. The summed E-state index contributed by atoms with van der Waals surface area (Å²) >= 11 is 12.4. The summed E-state index contributed by atoms with van der Waals surface area (Å²) in [4.78, 5) is 4.23. The summed E-state index contributed by atoms with van der Waals surface area (Å²) in [6.07, 6.45) is 2.60. The normalized spacial score (nSPS) is 12.2. The minimum Gasteiger partial charge on any atom is -0.481 e. The summed E-state index contributed by atoms with van der Waals surface area (Å²) in [7, 11) is 1.61. The zero-order valence-electron chi connectivity index (χ0n) is 12.1. The summed E-state index contributed by atoms with van der Waals surface area (Å²) in [5.74, 6) is 0.611. The Bertz CT molecular complexity index is 587. The van der Waals surface area contributed by atoms with Crippen molar-refractivity contribution in [2.24, 2.45) is 0 Å². The molecule has 112 valence electrons. The maximum Gasteiger partial charge on any atom is 0.212 e. The molecule has 0 radical (unpaired) electrons. The summed E-state index contributed by atoms with van der Waals surface area (Å²) in [6, 6.07) is 9.50. The van der Waals surface area contributed by atoms with E-state index in [0.29, 0.717) is 15.9 Å². The first kappa shape index (κ1) is 16.1. The van der Waals surface area contributed by atoms with Crippen molar-refractivity contribution in [1.29, 1.82) is 0 Å². The van der Waals surface area contributed by atoms with Gasteiger partial charge in [-0.25, -0.2) is 4.98 Å². The van der Waals surface area contributed by atoms with Crippen LogP contribution in [-0.2, 0) is 6.42 Å². The molecule has 0 saturated carbocycles. The molecular formula is C16H18Cl2N2O. The molecule has 0 aliphatic carbocycles. The van der Waals surface area contributed by atoms with Crippen molar-refractivity contribution >= 4 is 23.2 Å². The molecule has 0 amide bonds. The standard InChI is InChI=1S/C16H18Cl2N2O/c1-3-19-15(13-9-12(17)5-6-14(13)18)8-11-4-7-16(21-2)20-10-11/h4-7,9-10,15,19H,3,8H2,1-2H3. The summed E-state index contributed by atoms with van der Waals surface area (Å²) in [5.41, 5.74) is 2.11. The van der Waals surface area contributed by atoms with Crippen LogP contribution < -0.4 is 10.1 Å². The Kier molecular flexibility index (Phi) is 5.85. The molecule has 0 aliphatic rings. The van der Waals surface area contributed by atoms with Gasteiger partial charge < -0.3 is 10.1 Å². The van der Waals surface area contributed by atoms with E-state index in [1.54, 1.807) is 13.2 Å². The Morgan fingerprint density at radius 1 is 1.24 bits per heavy atom. The number of nitrogens with one attached hydrogen (secondary N) is 1. The van der Waals surface area contributed by atoms with Crippen molar-refractivity contribution < 1.29 is 4.74 Å². The van der Waals surface area contributed by atoms with Gasteiger partial charge in [0.15, 0.2) is 0 Å². The van der Waals surface area contributed by atoms with Crippen LogP contribution in [0.15, 0.2) is 36.5 Å². The van der Waals surface area contributed by atoms with Crippen LogP contribution >= 0.6 is 23.2 Å². The third-order valence-corrected chi connectivity index (χ3v) is 3.81. The molecule has 21 heavy (non-hydrogen) atoms. The number of hydrogen-bond acceptors (Lipinski definition) is 3. The second-order valence-corrected chi connectivity index (χ2v) is 5.53. The quantitative estimate of drug-likeness (QED) is 0.860. The highest BCUT2D eigenvalue weighted by Crippen LogP contribution is 2.28. The molecule has 0 spiro atoms. The van der Waals surface area contributed by atoms with E-state index in [4.69, 9.17) is 27.9 Å². The van der Waals surface area contributed by atoms with Crippen LogP contribution in [0.4, 0.5) is 0 Å². The molecule has 5 heteroatoms. The maximum absolute atomic E-state index is 6.31. The number of nitrogens with zero attached hydrogens (tertiary/aromatic N) is 1. The van der Waals surface area contributed by atoms with Crippen LogP contribution in [0.2, 0.25) is 10.0 Å². The van der Waals surface area contributed by atoms with Crippen molar-refractivity contribution in [3.63, 3.8) is 0 Å². The number of likely N-dealkylation sites (N-methyl/N-ethyl adjacent to an activating group) is 1. The lowest BCUT2D eigenvalue weighted by molar-refractivity contribution is 0.397. The monoisotopic (exact) mass is 324 g/mol. The Morgan fingerprint density at radius 3 is 2.67 bits per heavy atom. The number of ether oxygens (including phenoxy) is 1. The molecule has 1 atom stereocenters. The summed E-state index contributed by atoms with van der Waals surface area (Å²) < 4.78 is 5.08. The van der Waals surface area contributed by atoms with E-state index < -0.39 is 0 Å². The second kappa shape index (κ2) is 7.64. The van der Waals surface area contributed by atoms with Gasteiger partial charge in [0.05, 0.1) is 7.11 Å². The highest BCUT2D eigenvalue weighted by Gasteiger charge is 2.15. The molecule has 2 rings (SSSR count). The van der Waals surface area contributed by atoms with Gasteiger partial charge in [0.2, 0.25) is 5.88 Å². The van der Waals surface area contributed by atoms with Gasteiger partial charge in [0.1, 0.15) is 0 Å². The zero-order chi connectivity index (χ0) is 15.2. The van der Waals surface area contributed by atoms with E-state index in [1.165, 1.54) is 0 Å². The lowest BCUT2D eigenvalue weighted by Gasteiger charge is -2.20. The third-order valence-electron chi connectivity index (χ3n) is 3.23. The molecule has 0 fully saturated rings. The van der Waals surface area contributed by atoms with Crippen LogP contribution in [0.5, 0.6) is 5.88 Å². The Morgan fingerprint density at radius 2 is 2.05 bits per heavy atom. The largest absolute Gasteiger partial charge is 0.481 e. The fraction of sp³-hybridized carbons (Fsp3) is 0.312. The first-order chi connectivity index (χ1) is 10.1. The number of rotatable bonds is 6. The van der Waals surface area contributed by atoms with Gasteiger partial charge in [-0.15, -0.1) is 0 Å². The minimum absolute atomic E-state index is 0.0939. The highest BCUT2D eigenvalue weighted by molar-refractivity contribution is 6.33. The molecule has 3 nitrogen and oxygen atoms in total. The average molecular weight is 325 g/mol. The SMILES string of the molecule is CCNC(Cc1ccc(OC)nc1)c1cc(Cl)ccc1Cl. The minimum atomic E-state index is 0.0939. The molecule has 1 aromatic carbocycles. The van der Waals surface area contributed by atoms with Crippen LogP contribution in [0.25, 0.3) is 0 Å². The zero-order valence-corrected chi connectivity index (χ0v) is 13.6. The van der Waals surface area contributed by atoms with Crippen molar-refractivity contribution in [2.75, 3.05) is 13.7 Å². The predicted molar refractivity (Wildman–Crippen MR) is 87.4 cm³/mol. The number of pyridine rings is 1. The number of aromatic nitrogens is 1. The number of benzene rings is 1. The first-order valence-corrected chi connectivity index (χ1v) is 7.57. The average Bonchev–Trinajstić information content (AvgIpc) is 2.50. The first-order valence-electron chi connectivity index (χ1n) is 6.81. The van der Waals surface area contributed by atoms with E-state index in [-0.39, 0.29) is 6.04 Å². The van der Waals surface area contributed by atoms with Crippen LogP contribution in [0, 0.1) is 0 Å². The maximum atomic E-state index is 6.31. The lowest BCUT2D eigenvalue weighted by atomic mass is 9.99. The molecule has 0 bridgehead atoms. The Balaban J connectivity index is 2.23. The molecule has 1 unspecified atom stereocenters. The van der Waals surface area contributed by atoms with E-state index >= 15 is 0 Å². The van der Waals surface area contributed by atoms with Crippen molar-refractivity contribution in [2.45, 2.75) is 19.4 Å². The van der Waals surface area contributed by atoms with Gasteiger partial charge in [0, 0.05) is 28.4 Å². The van der Waals surface area contributed by atoms with Gasteiger partial charge in [-0.2, -0.15) is 0 Å². The van der Waals surface area contributed by atoms with E-state index in [0.717, 1.165) is 24.1 Å². The molecule has 2 aromatic rings. The van der Waals surface area contributed by atoms with Gasteiger partial charge in [-0.05, 0) is 42.3 Å². The molecule has 0 aliphatic heterocycles. The third kappa shape index (κ3) is 4.34. The summed E-state index contributed by atoms with van der Waals surface area (Å²) in [6.45, 7) is 2.91. The van der Waals surface area contributed by atoms with Gasteiger partial charge >= 0.3 is 0 Å². The van der Waals surface area contributed by atoms with Crippen LogP contribution in [0.3, 0.4) is 0 Å². The molecule has 1 heterocycles. The van der Waals surface area contributed by atoms with Gasteiger partial charge in [-0.1, -0.05) is 36.2 Å². The van der Waals surface area contributed by atoms with Crippen molar-refractivity contribution in [3.05, 3.63) is 57.7 Å². The predicted octanol–water partition coefficient (Wildman–Crippen LogP) is 4.29. The number of halogens is 2. The van der Waals surface area contributed by atoms with Gasteiger partial charge in [0.25, 0.3) is 0 Å². The van der Waals surface area contributed by atoms with E-state index in [2.05, 4.69) is 17.2 Å². The molecular weight excluding hydrogens is 307 g/mol. The molecule has 1 N–H and O–H groups in total. The van der Waals surface area contributed by atoms with Gasteiger partial charge in [-0.3, -0.25) is 0 Å². The van der Waals surface area contributed by atoms with Crippen molar-refractivity contribution in [3.8, 4) is 5.88 Å². The Hall–Kier alpha value is -1.29. The fourth-order valence-corrected chi connectivity index (χ4v) is 2.64. The number of methoxy groups -OCH3 is 1. The summed E-state index contributed by atoms with van der Waals surface area (Å²) in [5, 5.41) is 4.84. The molecule has 1 aromatic heterocycles. The number of hydrogen-bond donors (Lipinski definition) is 1. The Labute approximate surface area is 135 Å². The second-order valence-electron chi connectivity index (χ2n) is 4.69. The van der Waals surface area contributed by atoms with Crippen LogP contribution in [0.1, 0.15) is 24.1 Å². The smallest absolute Gasteiger partial charge is 0.212 e. The van der Waals surface area contributed by atoms with Crippen LogP contribution in [-0.4, -0.2) is 18.6 Å². The van der Waals surface area contributed by atoms with Crippen molar-refractivity contribution in [1.82, 2.24) is 10.3 Å². The topological polar surface area (TPSA) is 34.1 Å². The molecule has 0 saturated heterocycles. The van der Waals surface area contributed by atoms with E-state index in [1.807, 2.05) is 30.5 Å². The lowest BCUT2D eigenvalue weighted by Crippen LogP contribution is -2.23.